The van der Waals surface area contributed by atoms with Gasteiger partial charge < -0.3 is 23.5 Å². The molecular formula is C28H29FN4O6S. The van der Waals surface area contributed by atoms with Crippen LogP contribution in [-0.4, -0.2) is 53.8 Å². The summed E-state index contributed by atoms with van der Waals surface area (Å²) in [6.45, 7) is 0.499. The minimum Gasteiger partial charge on any atom is -0.497 e. The van der Waals surface area contributed by atoms with Gasteiger partial charge in [-0.05, 0) is 41.5 Å². The fraction of sp³-hybridized carbons (Fsp3) is 0.286. The molecule has 0 bridgehead atoms. The molecule has 10 nitrogen and oxygen atoms in total. The lowest BCUT2D eigenvalue weighted by atomic mass is 9.92. The second kappa shape index (κ2) is 11.5. The molecule has 210 valence electrons. The molecule has 0 aliphatic carbocycles. The number of nitrogens with one attached hydrogen (secondary N) is 1. The molecule has 0 saturated carbocycles. The topological polar surface area (TPSA) is 106 Å². The van der Waals surface area contributed by atoms with Crippen molar-refractivity contribution in [3.63, 3.8) is 0 Å². The first-order chi connectivity index (χ1) is 19.3. The van der Waals surface area contributed by atoms with Gasteiger partial charge in [-0.15, -0.1) is 0 Å². The van der Waals surface area contributed by atoms with E-state index in [1.54, 1.807) is 33.2 Å². The molecule has 40 heavy (non-hydrogen) atoms. The van der Waals surface area contributed by atoms with Crippen LogP contribution in [0.2, 0.25) is 0 Å². The minimum absolute atomic E-state index is 0.151. The third kappa shape index (κ3) is 5.58. The maximum Gasteiger partial charge on any atom is 0.299 e. The molecule has 1 N–H and O–H groups in total. The van der Waals surface area contributed by atoms with Crippen molar-refractivity contribution in [2.24, 2.45) is 0 Å². The normalized spacial score (nSPS) is 15.6. The highest BCUT2D eigenvalue weighted by molar-refractivity contribution is 7.81. The number of hydrogen-bond donors (Lipinski definition) is 1. The van der Waals surface area contributed by atoms with E-state index >= 15 is 0 Å². The number of amides is 1. The maximum atomic E-state index is 13.8. The van der Waals surface area contributed by atoms with Gasteiger partial charge in [0.05, 0.1) is 14.2 Å². The van der Waals surface area contributed by atoms with Gasteiger partial charge in [-0.25, -0.2) is 12.9 Å². The number of methoxy groups -OCH3 is 2. The Hall–Kier alpha value is -4.16. The zero-order valence-electron chi connectivity index (χ0n) is 22.5. The molecule has 1 amide bonds. The number of nitrogens with zero attached hydrogens (tertiary/aromatic N) is 3. The molecule has 1 aromatic heterocycles. The number of anilines is 1. The molecule has 0 radical (unpaired) electrons. The maximum absolute atomic E-state index is 13.8. The van der Waals surface area contributed by atoms with Crippen LogP contribution in [0.15, 0.2) is 59.0 Å². The van der Waals surface area contributed by atoms with Gasteiger partial charge in [0.15, 0.2) is 28.3 Å². The van der Waals surface area contributed by atoms with Crippen LogP contribution >= 0.6 is 0 Å². The molecule has 12 heteroatoms. The number of halogens is 1. The molecular weight excluding hydrogens is 539 g/mol. The first kappa shape index (κ1) is 27.4. The van der Waals surface area contributed by atoms with Crippen LogP contribution < -0.4 is 23.8 Å². The van der Waals surface area contributed by atoms with Crippen molar-refractivity contribution in [2.75, 3.05) is 33.2 Å². The lowest BCUT2D eigenvalue weighted by Gasteiger charge is -2.35. The molecule has 5 rings (SSSR count). The fourth-order valence-electron chi connectivity index (χ4n) is 4.50. The summed E-state index contributed by atoms with van der Waals surface area (Å²) >= 11 is -1.75. The molecule has 0 saturated heterocycles. The van der Waals surface area contributed by atoms with E-state index in [2.05, 4.69) is 9.71 Å². The van der Waals surface area contributed by atoms with Crippen LogP contribution in [0.4, 0.5) is 10.4 Å². The SMILES string of the molecule is COc1ccc(COc2c(OC)ccc3c2C[C@@H](C(=O)NS(=O)N(C)C)N(c2nc4ccc(F)cc4o2)C3)cc1. The van der Waals surface area contributed by atoms with E-state index in [0.29, 0.717) is 17.0 Å². The highest BCUT2D eigenvalue weighted by atomic mass is 32.2. The second-order valence-electron chi connectivity index (χ2n) is 9.36. The molecule has 1 aliphatic rings. The van der Waals surface area contributed by atoms with Crippen LogP contribution in [0.5, 0.6) is 17.2 Å². The van der Waals surface area contributed by atoms with Crippen molar-refractivity contribution in [1.82, 2.24) is 14.0 Å². The van der Waals surface area contributed by atoms with E-state index in [1.807, 2.05) is 36.4 Å². The highest BCUT2D eigenvalue weighted by Gasteiger charge is 2.37. The Balaban J connectivity index is 1.52. The van der Waals surface area contributed by atoms with Crippen molar-refractivity contribution in [2.45, 2.75) is 25.6 Å². The van der Waals surface area contributed by atoms with Crippen LogP contribution in [0.25, 0.3) is 11.1 Å². The van der Waals surface area contributed by atoms with Crippen LogP contribution in [0.3, 0.4) is 0 Å². The Morgan fingerprint density at radius 3 is 2.62 bits per heavy atom. The number of benzene rings is 3. The standard InChI is InChI=1S/C28H29FN4O6S/c1-32(2)40(35)31-27(34)23-14-21-18(15-33(23)28-30-22-11-8-19(29)13-25(22)39-28)7-12-24(37-4)26(21)38-16-17-5-9-20(36-3)10-6-17/h5-13,23H,14-16H2,1-4H3,(H,31,34)/t23-,40?/m0/s1. The van der Waals surface area contributed by atoms with Crippen molar-refractivity contribution in [3.8, 4) is 17.2 Å². The summed E-state index contributed by atoms with van der Waals surface area (Å²) in [6.07, 6.45) is 0.189. The van der Waals surface area contributed by atoms with E-state index in [1.165, 1.54) is 22.5 Å². The van der Waals surface area contributed by atoms with Crippen LogP contribution in [0, 0.1) is 5.82 Å². The summed E-state index contributed by atoms with van der Waals surface area (Å²) in [5.41, 5.74) is 3.29. The predicted molar refractivity (Wildman–Crippen MR) is 148 cm³/mol. The molecule has 0 fully saturated rings. The van der Waals surface area contributed by atoms with Gasteiger partial charge in [-0.1, -0.05) is 18.2 Å². The Labute approximate surface area is 233 Å². The lowest BCUT2D eigenvalue weighted by molar-refractivity contribution is -0.120. The first-order valence-electron chi connectivity index (χ1n) is 12.4. The lowest BCUT2D eigenvalue weighted by Crippen LogP contribution is -2.52. The number of aromatic nitrogens is 1. The summed E-state index contributed by atoms with van der Waals surface area (Å²) < 4.78 is 53.2. The summed E-state index contributed by atoms with van der Waals surface area (Å²) in [6, 6.07) is 14.6. The summed E-state index contributed by atoms with van der Waals surface area (Å²) in [5.74, 6) is 0.829. The van der Waals surface area contributed by atoms with Crippen molar-refractivity contribution in [3.05, 3.63) is 77.1 Å². The molecule has 2 atom stereocenters. The van der Waals surface area contributed by atoms with Crippen molar-refractivity contribution >= 4 is 34.2 Å². The number of fused-ring (bicyclic) bond motifs is 2. The van der Waals surface area contributed by atoms with Gasteiger partial charge in [0.1, 0.15) is 29.7 Å². The number of carbonyl (C=O) groups excluding carboxylic acids is 1. The minimum atomic E-state index is -1.75. The van der Waals surface area contributed by atoms with Crippen LogP contribution in [-0.2, 0) is 35.5 Å². The smallest absolute Gasteiger partial charge is 0.299 e. The quantitative estimate of drug-likeness (QED) is 0.326. The van der Waals surface area contributed by atoms with Crippen LogP contribution in [0.1, 0.15) is 16.7 Å². The number of hydrogen-bond acceptors (Lipinski definition) is 8. The zero-order chi connectivity index (χ0) is 28.4. The third-order valence-electron chi connectivity index (χ3n) is 6.61. The number of carbonyl (C=O) groups is 1. The highest BCUT2D eigenvalue weighted by Crippen LogP contribution is 2.40. The molecule has 3 aromatic carbocycles. The molecule has 2 heterocycles. The average Bonchev–Trinajstić information content (AvgIpc) is 3.38. The molecule has 1 unspecified atom stereocenters. The summed E-state index contributed by atoms with van der Waals surface area (Å²) in [7, 11) is 6.35. The number of rotatable bonds is 9. The summed E-state index contributed by atoms with van der Waals surface area (Å²) in [4.78, 5) is 19.7. The Morgan fingerprint density at radius 1 is 1.15 bits per heavy atom. The van der Waals surface area contributed by atoms with E-state index in [-0.39, 0.29) is 31.2 Å². The third-order valence-corrected chi connectivity index (χ3v) is 7.64. The second-order valence-corrected chi connectivity index (χ2v) is 10.8. The van der Waals surface area contributed by atoms with Crippen molar-refractivity contribution in [1.29, 1.82) is 0 Å². The van der Waals surface area contributed by atoms with Gasteiger partial charge in [-0.2, -0.15) is 4.98 Å². The molecule has 0 spiro atoms. The Morgan fingerprint density at radius 2 is 1.93 bits per heavy atom. The Kier molecular flexibility index (Phi) is 7.90. The fourth-order valence-corrected chi connectivity index (χ4v) is 4.99. The number of ether oxygens (including phenoxy) is 3. The van der Waals surface area contributed by atoms with E-state index in [0.717, 1.165) is 22.4 Å². The predicted octanol–water partition coefficient (Wildman–Crippen LogP) is 3.75. The Bertz CT molecular complexity index is 1560. The number of oxazole rings is 1. The summed E-state index contributed by atoms with van der Waals surface area (Å²) in [5, 5.41) is 0. The van der Waals surface area contributed by atoms with E-state index in [4.69, 9.17) is 18.6 Å². The first-order valence-corrected chi connectivity index (χ1v) is 13.5. The average molecular weight is 569 g/mol. The molecule has 1 aliphatic heterocycles. The van der Waals surface area contributed by atoms with Crippen molar-refractivity contribution < 1.29 is 32.0 Å². The van der Waals surface area contributed by atoms with E-state index in [9.17, 15) is 13.4 Å². The van der Waals surface area contributed by atoms with Gasteiger partial charge in [0, 0.05) is 38.7 Å². The monoisotopic (exact) mass is 568 g/mol. The van der Waals surface area contributed by atoms with Gasteiger partial charge in [0.2, 0.25) is 0 Å². The van der Waals surface area contributed by atoms with Gasteiger partial charge in [-0.3, -0.25) is 9.52 Å². The molecule has 4 aromatic rings. The zero-order valence-corrected chi connectivity index (χ0v) is 23.3. The largest absolute Gasteiger partial charge is 0.497 e. The van der Waals surface area contributed by atoms with E-state index < -0.39 is 28.9 Å². The van der Waals surface area contributed by atoms with Gasteiger partial charge in [0.25, 0.3) is 11.9 Å². The van der Waals surface area contributed by atoms with Gasteiger partial charge >= 0.3 is 0 Å².